The van der Waals surface area contributed by atoms with Crippen LogP contribution < -0.4 is 14.8 Å². The number of nitrogens with one attached hydrogen (secondary N) is 1. The molecular formula is C22H26N4O3. The number of nitrogens with zero attached hydrogens (tertiary/aromatic N) is 3. The van der Waals surface area contributed by atoms with Crippen LogP contribution in [-0.4, -0.2) is 47.6 Å². The molecule has 1 saturated heterocycles. The number of hydrogen-bond acceptors (Lipinski definition) is 6. The zero-order valence-corrected chi connectivity index (χ0v) is 16.7. The Morgan fingerprint density at radius 1 is 1.34 bits per heavy atom. The predicted molar refractivity (Wildman–Crippen MR) is 107 cm³/mol. The Balaban J connectivity index is 1.28. The minimum Gasteiger partial charge on any atom is -0.493 e. The van der Waals surface area contributed by atoms with E-state index in [0.29, 0.717) is 26.1 Å². The smallest absolute Gasteiger partial charge is 0.229 e. The fraction of sp³-hybridized carbons (Fsp3) is 0.500. The Kier molecular flexibility index (Phi) is 4.83. The van der Waals surface area contributed by atoms with Crippen LogP contribution in [-0.2, 0) is 24.2 Å². The Hall–Kier alpha value is -2.67. The van der Waals surface area contributed by atoms with Crippen molar-refractivity contribution in [2.45, 2.75) is 38.3 Å². The molecule has 29 heavy (non-hydrogen) atoms. The predicted octanol–water partition coefficient (Wildman–Crippen LogP) is 2.05. The maximum atomic E-state index is 13.2. The molecule has 152 valence electrons. The van der Waals surface area contributed by atoms with Gasteiger partial charge >= 0.3 is 0 Å². The number of hydrogen-bond donors (Lipinski definition) is 1. The number of carbonyl (C=O) groups is 1. The molecule has 0 unspecified atom stereocenters. The summed E-state index contributed by atoms with van der Waals surface area (Å²) >= 11 is 0. The lowest BCUT2D eigenvalue weighted by Crippen LogP contribution is -2.43. The van der Waals surface area contributed by atoms with E-state index in [1.54, 1.807) is 7.11 Å². The van der Waals surface area contributed by atoms with Gasteiger partial charge in [-0.05, 0) is 37.4 Å². The zero-order chi connectivity index (χ0) is 19.8. The SMILES string of the molecule is COc1cccc2c1OC[C@H](C(=O)N1CCc3nc([C@@H]4CCCN4)ncc3C1)C2. The summed E-state index contributed by atoms with van der Waals surface area (Å²) < 4.78 is 11.3. The standard InChI is InChI=1S/C22H26N4O3/c1-28-19-6-2-4-14-10-15(13-29-20(14)19)22(27)26-9-7-17-16(12-26)11-24-21(25-17)18-5-3-8-23-18/h2,4,6,11,15,18,23H,3,5,7-10,12-13H2,1H3/t15-,18+/m1/s1. The molecule has 3 aliphatic heterocycles. The van der Waals surface area contributed by atoms with Crippen LogP contribution in [0.1, 0.15) is 41.5 Å². The van der Waals surface area contributed by atoms with Gasteiger partial charge in [0.25, 0.3) is 0 Å². The van der Waals surface area contributed by atoms with Gasteiger partial charge in [0.2, 0.25) is 5.91 Å². The normalized spacial score (nSPS) is 23.1. The first-order valence-electron chi connectivity index (χ1n) is 10.4. The van der Waals surface area contributed by atoms with Crippen LogP contribution in [0.15, 0.2) is 24.4 Å². The molecule has 2 atom stereocenters. The average molecular weight is 394 g/mol. The monoisotopic (exact) mass is 394 g/mol. The highest BCUT2D eigenvalue weighted by Crippen LogP contribution is 2.36. The van der Waals surface area contributed by atoms with Gasteiger partial charge in [-0.1, -0.05) is 12.1 Å². The fourth-order valence-corrected chi connectivity index (χ4v) is 4.56. The van der Waals surface area contributed by atoms with E-state index in [1.165, 1.54) is 6.42 Å². The fourth-order valence-electron chi connectivity index (χ4n) is 4.56. The van der Waals surface area contributed by atoms with Crippen molar-refractivity contribution >= 4 is 5.91 Å². The second-order valence-corrected chi connectivity index (χ2v) is 8.02. The summed E-state index contributed by atoms with van der Waals surface area (Å²) in [4.78, 5) is 24.5. The number of carbonyl (C=O) groups excluding carboxylic acids is 1. The van der Waals surface area contributed by atoms with Gasteiger partial charge in [0.05, 0.1) is 24.8 Å². The van der Waals surface area contributed by atoms with E-state index in [2.05, 4.69) is 10.3 Å². The van der Waals surface area contributed by atoms with Crippen molar-refractivity contribution < 1.29 is 14.3 Å². The van der Waals surface area contributed by atoms with Crippen molar-refractivity contribution in [1.82, 2.24) is 20.2 Å². The van der Waals surface area contributed by atoms with Gasteiger partial charge in [-0.3, -0.25) is 4.79 Å². The van der Waals surface area contributed by atoms with Gasteiger partial charge in [0.1, 0.15) is 12.4 Å². The first-order valence-corrected chi connectivity index (χ1v) is 10.4. The number of rotatable bonds is 3. The van der Waals surface area contributed by atoms with Crippen LogP contribution in [0.4, 0.5) is 0 Å². The van der Waals surface area contributed by atoms with Crippen LogP contribution in [0.5, 0.6) is 11.5 Å². The number of benzene rings is 1. The minimum atomic E-state index is -0.168. The molecule has 2 aromatic rings. The van der Waals surface area contributed by atoms with E-state index < -0.39 is 0 Å². The second-order valence-electron chi connectivity index (χ2n) is 8.02. The summed E-state index contributed by atoms with van der Waals surface area (Å²) in [6.45, 7) is 2.69. The van der Waals surface area contributed by atoms with Crippen molar-refractivity contribution in [2.24, 2.45) is 5.92 Å². The van der Waals surface area contributed by atoms with Gasteiger partial charge in [-0.25, -0.2) is 9.97 Å². The lowest BCUT2D eigenvalue weighted by molar-refractivity contribution is -0.137. The molecule has 7 nitrogen and oxygen atoms in total. The lowest BCUT2D eigenvalue weighted by atomic mass is 9.94. The molecule has 1 amide bonds. The van der Waals surface area contributed by atoms with Gasteiger partial charge in [0.15, 0.2) is 11.5 Å². The van der Waals surface area contributed by atoms with E-state index in [-0.39, 0.29) is 17.9 Å². The van der Waals surface area contributed by atoms with E-state index in [1.807, 2.05) is 29.3 Å². The maximum absolute atomic E-state index is 13.2. The average Bonchev–Trinajstić information content (AvgIpc) is 3.32. The molecule has 5 rings (SSSR count). The Bertz CT molecular complexity index is 926. The molecule has 4 heterocycles. The van der Waals surface area contributed by atoms with Crippen molar-refractivity contribution in [3.8, 4) is 11.5 Å². The summed E-state index contributed by atoms with van der Waals surface area (Å²) in [6.07, 6.45) is 5.64. The Morgan fingerprint density at radius 2 is 2.28 bits per heavy atom. The van der Waals surface area contributed by atoms with Gasteiger partial charge in [-0.15, -0.1) is 0 Å². The molecule has 3 aliphatic rings. The molecule has 7 heteroatoms. The highest BCUT2D eigenvalue weighted by molar-refractivity contribution is 5.80. The molecular weight excluding hydrogens is 368 g/mol. The molecule has 1 aromatic carbocycles. The molecule has 0 spiro atoms. The van der Waals surface area contributed by atoms with Gasteiger partial charge in [-0.2, -0.15) is 0 Å². The molecule has 0 aliphatic carbocycles. The molecule has 1 N–H and O–H groups in total. The number of amides is 1. The summed E-state index contributed by atoms with van der Waals surface area (Å²) in [5.74, 6) is 2.37. The van der Waals surface area contributed by atoms with Crippen molar-refractivity contribution in [3.63, 3.8) is 0 Å². The Morgan fingerprint density at radius 3 is 3.10 bits per heavy atom. The summed E-state index contributed by atoms with van der Waals surface area (Å²) in [5.41, 5.74) is 3.18. The molecule has 1 fully saturated rings. The summed E-state index contributed by atoms with van der Waals surface area (Å²) in [7, 11) is 1.64. The van der Waals surface area contributed by atoms with Crippen molar-refractivity contribution in [1.29, 1.82) is 0 Å². The summed E-state index contributed by atoms with van der Waals surface area (Å²) in [6, 6.07) is 6.11. The second kappa shape index (κ2) is 7.63. The highest BCUT2D eigenvalue weighted by Gasteiger charge is 2.33. The zero-order valence-electron chi connectivity index (χ0n) is 16.7. The number of aromatic nitrogens is 2. The highest BCUT2D eigenvalue weighted by atomic mass is 16.5. The van der Waals surface area contributed by atoms with E-state index in [4.69, 9.17) is 14.5 Å². The van der Waals surface area contributed by atoms with E-state index in [0.717, 1.165) is 53.5 Å². The maximum Gasteiger partial charge on any atom is 0.229 e. The quantitative estimate of drug-likeness (QED) is 0.859. The molecule has 1 aromatic heterocycles. The first kappa shape index (κ1) is 18.4. The van der Waals surface area contributed by atoms with Gasteiger partial charge < -0.3 is 19.7 Å². The third kappa shape index (κ3) is 3.44. The number of fused-ring (bicyclic) bond motifs is 2. The molecule has 0 saturated carbocycles. The van der Waals surface area contributed by atoms with E-state index >= 15 is 0 Å². The third-order valence-corrected chi connectivity index (χ3v) is 6.16. The van der Waals surface area contributed by atoms with Crippen LogP contribution in [0.2, 0.25) is 0 Å². The topological polar surface area (TPSA) is 76.6 Å². The largest absolute Gasteiger partial charge is 0.493 e. The van der Waals surface area contributed by atoms with Crippen LogP contribution >= 0.6 is 0 Å². The molecule has 0 radical (unpaired) electrons. The van der Waals surface area contributed by atoms with Crippen molar-refractivity contribution in [3.05, 3.63) is 47.0 Å². The number of para-hydroxylation sites is 1. The van der Waals surface area contributed by atoms with Gasteiger partial charge in [0, 0.05) is 31.3 Å². The lowest BCUT2D eigenvalue weighted by Gasteiger charge is -2.33. The van der Waals surface area contributed by atoms with Crippen molar-refractivity contribution in [2.75, 3.05) is 26.8 Å². The van der Waals surface area contributed by atoms with E-state index in [9.17, 15) is 4.79 Å². The van der Waals surface area contributed by atoms with Crippen LogP contribution in [0.3, 0.4) is 0 Å². The molecule has 0 bridgehead atoms. The Labute approximate surface area is 170 Å². The third-order valence-electron chi connectivity index (χ3n) is 6.16. The number of methoxy groups -OCH3 is 1. The van der Waals surface area contributed by atoms with Crippen LogP contribution in [0.25, 0.3) is 0 Å². The summed E-state index contributed by atoms with van der Waals surface area (Å²) in [5, 5.41) is 3.45. The van der Waals surface area contributed by atoms with Crippen LogP contribution in [0, 0.1) is 5.92 Å². The minimum absolute atomic E-state index is 0.144. The number of ether oxygens (including phenoxy) is 2. The first-order chi connectivity index (χ1) is 14.2.